The third kappa shape index (κ3) is 5.05. The molecular weight excluding hydrogens is 369 g/mol. The van der Waals surface area contributed by atoms with Crippen molar-refractivity contribution in [3.05, 3.63) is 64.7 Å². The molecule has 2 aromatic rings. The molecule has 3 rings (SSSR count). The molecule has 146 valence electrons. The molecule has 0 aromatic heterocycles. The number of halogens is 3. The van der Waals surface area contributed by atoms with Crippen LogP contribution in [0.4, 0.5) is 13.2 Å². The molecule has 1 aliphatic rings. The predicted molar refractivity (Wildman–Crippen MR) is 98.6 cm³/mol. The van der Waals surface area contributed by atoms with Crippen molar-refractivity contribution in [1.82, 2.24) is 9.80 Å². The fraction of sp³-hybridized carbons (Fsp3) is 0.286. The standard InChI is InChI=1S/C21H19F3N2O2/c1-25(2)11-3-4-15-7-10-19-17(12-15)14-26(20(19)27)13-16-5-8-18(9-6-16)28-21(22,23)24/h5-10,12H,11,13-14H2,1-2H3. The van der Waals surface area contributed by atoms with E-state index in [-0.39, 0.29) is 11.7 Å². The number of amides is 1. The second-order valence-electron chi connectivity index (χ2n) is 6.76. The Balaban J connectivity index is 1.67. The lowest BCUT2D eigenvalue weighted by atomic mass is 10.1. The van der Waals surface area contributed by atoms with Crippen molar-refractivity contribution in [1.29, 1.82) is 0 Å². The van der Waals surface area contributed by atoms with Crippen molar-refractivity contribution in [3.8, 4) is 17.6 Å². The van der Waals surface area contributed by atoms with Crippen LogP contribution in [0.5, 0.6) is 5.75 Å². The van der Waals surface area contributed by atoms with Gasteiger partial charge in [-0.25, -0.2) is 0 Å². The largest absolute Gasteiger partial charge is 0.573 e. The zero-order chi connectivity index (χ0) is 20.3. The van der Waals surface area contributed by atoms with Gasteiger partial charge in [0, 0.05) is 24.2 Å². The molecule has 1 aliphatic heterocycles. The fourth-order valence-electron chi connectivity index (χ4n) is 2.90. The average Bonchev–Trinajstić information content (AvgIpc) is 2.90. The highest BCUT2D eigenvalue weighted by Gasteiger charge is 2.31. The van der Waals surface area contributed by atoms with Gasteiger partial charge in [-0.2, -0.15) is 0 Å². The lowest BCUT2D eigenvalue weighted by molar-refractivity contribution is -0.274. The number of fused-ring (bicyclic) bond motifs is 1. The molecule has 0 atom stereocenters. The van der Waals surface area contributed by atoms with Crippen molar-refractivity contribution in [2.45, 2.75) is 19.5 Å². The van der Waals surface area contributed by atoms with Crippen molar-refractivity contribution in [2.75, 3.05) is 20.6 Å². The molecule has 0 spiro atoms. The SMILES string of the molecule is CN(C)CC#Cc1ccc2c(c1)CN(Cc1ccc(OC(F)(F)F)cc1)C2=O. The fourth-order valence-corrected chi connectivity index (χ4v) is 2.90. The van der Waals surface area contributed by atoms with E-state index in [1.165, 1.54) is 24.3 Å². The maximum Gasteiger partial charge on any atom is 0.573 e. The van der Waals surface area contributed by atoms with E-state index in [9.17, 15) is 18.0 Å². The second-order valence-corrected chi connectivity index (χ2v) is 6.76. The van der Waals surface area contributed by atoms with Gasteiger partial charge in [0.05, 0.1) is 6.54 Å². The van der Waals surface area contributed by atoms with Gasteiger partial charge in [0.2, 0.25) is 0 Å². The molecule has 0 aliphatic carbocycles. The monoisotopic (exact) mass is 388 g/mol. The van der Waals surface area contributed by atoms with Crippen LogP contribution in [0.3, 0.4) is 0 Å². The molecule has 0 N–H and O–H groups in total. The predicted octanol–water partition coefficient (Wildman–Crippen LogP) is 3.65. The first-order valence-electron chi connectivity index (χ1n) is 8.62. The lowest BCUT2D eigenvalue weighted by Crippen LogP contribution is -2.23. The quantitative estimate of drug-likeness (QED) is 0.750. The molecule has 1 amide bonds. The van der Waals surface area contributed by atoms with Crippen molar-refractivity contribution >= 4 is 5.91 Å². The summed E-state index contributed by atoms with van der Waals surface area (Å²) in [6.07, 6.45) is -4.72. The zero-order valence-electron chi connectivity index (χ0n) is 15.5. The van der Waals surface area contributed by atoms with Crippen LogP contribution in [-0.4, -0.2) is 42.7 Å². The van der Waals surface area contributed by atoms with Crippen LogP contribution in [0, 0.1) is 11.8 Å². The smallest absolute Gasteiger partial charge is 0.406 e. The highest BCUT2D eigenvalue weighted by atomic mass is 19.4. The van der Waals surface area contributed by atoms with E-state index in [4.69, 9.17) is 0 Å². The Morgan fingerprint density at radius 2 is 1.86 bits per heavy atom. The van der Waals surface area contributed by atoms with Crippen LogP contribution < -0.4 is 4.74 Å². The molecule has 2 aromatic carbocycles. The highest BCUT2D eigenvalue weighted by molar-refractivity contribution is 5.98. The van der Waals surface area contributed by atoms with E-state index < -0.39 is 6.36 Å². The first kappa shape index (κ1) is 19.8. The van der Waals surface area contributed by atoms with Gasteiger partial charge < -0.3 is 9.64 Å². The van der Waals surface area contributed by atoms with Crippen LogP contribution >= 0.6 is 0 Å². The third-order valence-electron chi connectivity index (χ3n) is 4.14. The van der Waals surface area contributed by atoms with Crippen molar-refractivity contribution in [3.63, 3.8) is 0 Å². The molecule has 0 saturated carbocycles. The lowest BCUT2D eigenvalue weighted by Gasteiger charge is -2.16. The summed E-state index contributed by atoms with van der Waals surface area (Å²) >= 11 is 0. The molecule has 1 heterocycles. The number of carbonyl (C=O) groups is 1. The Hall–Kier alpha value is -2.98. The number of ether oxygens (including phenoxy) is 1. The third-order valence-corrected chi connectivity index (χ3v) is 4.14. The summed E-state index contributed by atoms with van der Waals surface area (Å²) in [5.74, 6) is 5.76. The minimum absolute atomic E-state index is 0.0987. The molecule has 0 saturated heterocycles. The van der Waals surface area contributed by atoms with Gasteiger partial charge in [0.1, 0.15) is 5.75 Å². The first-order valence-corrected chi connectivity index (χ1v) is 8.62. The van der Waals surface area contributed by atoms with E-state index in [0.29, 0.717) is 25.2 Å². The number of hydrogen-bond donors (Lipinski definition) is 0. The Bertz CT molecular complexity index is 925. The van der Waals surface area contributed by atoms with Crippen LogP contribution in [0.25, 0.3) is 0 Å². The van der Waals surface area contributed by atoms with Gasteiger partial charge in [-0.1, -0.05) is 24.0 Å². The molecular formula is C21H19F3N2O2. The zero-order valence-corrected chi connectivity index (χ0v) is 15.5. The molecule has 0 unspecified atom stereocenters. The maximum atomic E-state index is 12.6. The number of rotatable bonds is 4. The minimum atomic E-state index is -4.72. The average molecular weight is 388 g/mol. The van der Waals surface area contributed by atoms with Gasteiger partial charge >= 0.3 is 6.36 Å². The van der Waals surface area contributed by atoms with Crippen LogP contribution in [0.1, 0.15) is 27.0 Å². The molecule has 0 bridgehead atoms. The number of carbonyl (C=O) groups excluding carboxylic acids is 1. The van der Waals surface area contributed by atoms with Gasteiger partial charge in [-0.3, -0.25) is 9.69 Å². The van der Waals surface area contributed by atoms with E-state index in [1.54, 1.807) is 11.0 Å². The van der Waals surface area contributed by atoms with Crippen LogP contribution in [-0.2, 0) is 13.1 Å². The maximum absolute atomic E-state index is 12.6. The Labute approximate surface area is 161 Å². The second kappa shape index (κ2) is 7.95. The summed E-state index contributed by atoms with van der Waals surface area (Å²) in [4.78, 5) is 16.2. The topological polar surface area (TPSA) is 32.8 Å². The van der Waals surface area contributed by atoms with Crippen LogP contribution in [0.2, 0.25) is 0 Å². The van der Waals surface area contributed by atoms with Gasteiger partial charge in [0.15, 0.2) is 0 Å². The number of alkyl halides is 3. The van der Waals surface area contributed by atoms with Crippen molar-refractivity contribution < 1.29 is 22.7 Å². The summed E-state index contributed by atoms with van der Waals surface area (Å²) in [7, 11) is 3.88. The Morgan fingerprint density at radius 1 is 1.14 bits per heavy atom. The summed E-state index contributed by atoms with van der Waals surface area (Å²) in [6.45, 7) is 1.40. The number of nitrogens with zero attached hydrogens (tertiary/aromatic N) is 2. The summed E-state index contributed by atoms with van der Waals surface area (Å²) in [6, 6.07) is 11.1. The van der Waals surface area contributed by atoms with E-state index in [1.807, 2.05) is 31.1 Å². The van der Waals surface area contributed by atoms with Gasteiger partial charge in [-0.15, -0.1) is 13.2 Å². The Morgan fingerprint density at radius 3 is 2.50 bits per heavy atom. The van der Waals surface area contributed by atoms with E-state index >= 15 is 0 Å². The summed E-state index contributed by atoms with van der Waals surface area (Å²) < 4.78 is 40.6. The summed E-state index contributed by atoms with van der Waals surface area (Å²) in [5.41, 5.74) is 3.11. The molecule has 28 heavy (non-hydrogen) atoms. The van der Waals surface area contributed by atoms with Crippen molar-refractivity contribution in [2.24, 2.45) is 0 Å². The first-order chi connectivity index (χ1) is 13.2. The Kier molecular flexibility index (Phi) is 5.61. The van der Waals surface area contributed by atoms with Gasteiger partial charge in [0.25, 0.3) is 5.91 Å². The summed E-state index contributed by atoms with van der Waals surface area (Å²) in [5, 5.41) is 0. The highest BCUT2D eigenvalue weighted by Crippen LogP contribution is 2.27. The van der Waals surface area contributed by atoms with Gasteiger partial charge in [-0.05, 0) is 55.6 Å². The molecule has 4 nitrogen and oxygen atoms in total. The normalized spacial score (nSPS) is 13.4. The number of hydrogen-bond acceptors (Lipinski definition) is 3. The minimum Gasteiger partial charge on any atom is -0.406 e. The van der Waals surface area contributed by atoms with Crippen LogP contribution in [0.15, 0.2) is 42.5 Å². The molecule has 0 fully saturated rings. The molecule has 0 radical (unpaired) electrons. The number of benzene rings is 2. The van der Waals surface area contributed by atoms with E-state index in [2.05, 4.69) is 16.6 Å². The molecule has 7 heteroatoms. The van der Waals surface area contributed by atoms with E-state index in [0.717, 1.165) is 16.7 Å².